The molecule has 0 radical (unpaired) electrons. The van der Waals surface area contributed by atoms with Crippen molar-refractivity contribution in [3.63, 3.8) is 0 Å². The highest BCUT2D eigenvalue weighted by molar-refractivity contribution is 5.79. The van der Waals surface area contributed by atoms with Gasteiger partial charge in [-0.2, -0.15) is 0 Å². The summed E-state index contributed by atoms with van der Waals surface area (Å²) in [5.74, 6) is 0.975. The highest BCUT2D eigenvalue weighted by Gasteiger charge is 2.29. The minimum Gasteiger partial charge on any atom is -0.338 e. The lowest BCUT2D eigenvalue weighted by Gasteiger charge is -2.35. The second kappa shape index (κ2) is 8.31. The number of benzene rings is 1. The van der Waals surface area contributed by atoms with Crippen LogP contribution >= 0.6 is 0 Å². The number of fused-ring (bicyclic) bond motifs is 1. The monoisotopic (exact) mass is 392 g/mol. The lowest BCUT2D eigenvalue weighted by Crippen LogP contribution is -2.39. The highest BCUT2D eigenvalue weighted by Crippen LogP contribution is 2.30. The van der Waals surface area contributed by atoms with Gasteiger partial charge in [0.2, 0.25) is 11.8 Å². The van der Waals surface area contributed by atoms with Gasteiger partial charge in [0.1, 0.15) is 0 Å². The van der Waals surface area contributed by atoms with Gasteiger partial charge < -0.3 is 9.80 Å². The van der Waals surface area contributed by atoms with Crippen molar-refractivity contribution in [2.75, 3.05) is 13.1 Å². The Bertz CT molecular complexity index is 927. The third-order valence-corrected chi connectivity index (χ3v) is 5.95. The van der Waals surface area contributed by atoms with Crippen LogP contribution < -0.4 is 0 Å². The van der Waals surface area contributed by atoms with Gasteiger partial charge in [0, 0.05) is 44.7 Å². The number of piperidine rings is 1. The van der Waals surface area contributed by atoms with E-state index in [4.69, 9.17) is 4.98 Å². The van der Waals surface area contributed by atoms with E-state index in [9.17, 15) is 9.59 Å². The van der Waals surface area contributed by atoms with Gasteiger partial charge in [0.15, 0.2) is 5.82 Å². The molecule has 1 aromatic heterocycles. The van der Waals surface area contributed by atoms with Crippen LogP contribution in [0.2, 0.25) is 0 Å². The van der Waals surface area contributed by atoms with Crippen LogP contribution in [0.4, 0.5) is 0 Å². The molecule has 2 aliphatic rings. The first kappa shape index (κ1) is 19.6. The number of likely N-dealkylation sites (tertiary alicyclic amines) is 1. The summed E-state index contributed by atoms with van der Waals surface area (Å²) in [5, 5.41) is 0. The molecule has 0 bridgehead atoms. The average molecular weight is 393 g/mol. The van der Waals surface area contributed by atoms with Crippen LogP contribution in [0, 0.1) is 6.92 Å². The summed E-state index contributed by atoms with van der Waals surface area (Å²) in [6.07, 6.45) is 6.06. The topological polar surface area (TPSA) is 66.4 Å². The number of nitrogens with zero attached hydrogens (tertiary/aromatic N) is 4. The molecule has 3 heterocycles. The Balaban J connectivity index is 1.46. The largest absolute Gasteiger partial charge is 0.338 e. The number of carbonyl (C=O) groups excluding carboxylic acids is 2. The highest BCUT2D eigenvalue weighted by atomic mass is 16.2. The van der Waals surface area contributed by atoms with Crippen molar-refractivity contribution in [1.82, 2.24) is 19.8 Å². The van der Waals surface area contributed by atoms with Gasteiger partial charge in [0.25, 0.3) is 0 Å². The number of amides is 2. The zero-order valence-electron chi connectivity index (χ0n) is 17.2. The van der Waals surface area contributed by atoms with Crippen molar-refractivity contribution >= 4 is 11.8 Å². The van der Waals surface area contributed by atoms with Gasteiger partial charge in [-0.15, -0.1) is 0 Å². The van der Waals surface area contributed by atoms with Crippen molar-refractivity contribution in [2.24, 2.45) is 0 Å². The fourth-order valence-electron chi connectivity index (χ4n) is 4.39. The predicted molar refractivity (Wildman–Crippen MR) is 110 cm³/mol. The molecule has 0 spiro atoms. The molecular formula is C23H28N4O2. The number of aryl methyl sites for hydroxylation is 1. The van der Waals surface area contributed by atoms with E-state index in [0.717, 1.165) is 54.9 Å². The number of hydrogen-bond acceptors (Lipinski definition) is 4. The van der Waals surface area contributed by atoms with Gasteiger partial charge in [-0.1, -0.05) is 29.8 Å². The van der Waals surface area contributed by atoms with E-state index in [1.54, 1.807) is 6.92 Å². The number of rotatable bonds is 3. The number of aromatic nitrogens is 2. The van der Waals surface area contributed by atoms with Crippen LogP contribution in [0.3, 0.4) is 0 Å². The standard InChI is InChI=1S/C23H28N4O2/c1-16-6-5-7-18(12-16)13-22(29)26-11-9-20-19(15-26)14-24-23(25-20)21-8-3-4-10-27(21)17(2)28/h5-7,12,14,21H,3-4,8-11,13,15H2,1-2H3/t21-/m0/s1. The van der Waals surface area contributed by atoms with Crippen LogP contribution in [0.1, 0.15) is 60.4 Å². The summed E-state index contributed by atoms with van der Waals surface area (Å²) in [6.45, 7) is 5.67. The molecule has 0 aliphatic carbocycles. The summed E-state index contributed by atoms with van der Waals surface area (Å²) < 4.78 is 0. The van der Waals surface area contributed by atoms with E-state index in [1.807, 2.05) is 41.1 Å². The molecule has 0 saturated carbocycles. The maximum absolute atomic E-state index is 12.8. The Morgan fingerprint density at radius 2 is 2.07 bits per heavy atom. The number of hydrogen-bond donors (Lipinski definition) is 0. The zero-order chi connectivity index (χ0) is 20.4. The lowest BCUT2D eigenvalue weighted by molar-refractivity contribution is -0.133. The fraction of sp³-hybridized carbons (Fsp3) is 0.478. The molecule has 1 atom stereocenters. The lowest BCUT2D eigenvalue weighted by atomic mass is 10.00. The van der Waals surface area contributed by atoms with Gasteiger partial charge in [-0.25, -0.2) is 9.97 Å². The molecule has 2 amide bonds. The van der Waals surface area contributed by atoms with Crippen LogP contribution in [0.15, 0.2) is 30.5 Å². The van der Waals surface area contributed by atoms with Crippen molar-refractivity contribution in [3.8, 4) is 0 Å². The Morgan fingerprint density at radius 1 is 1.21 bits per heavy atom. The molecule has 152 valence electrons. The molecule has 29 heavy (non-hydrogen) atoms. The molecular weight excluding hydrogens is 364 g/mol. The second-order valence-corrected chi connectivity index (χ2v) is 8.16. The zero-order valence-corrected chi connectivity index (χ0v) is 17.2. The van der Waals surface area contributed by atoms with E-state index in [2.05, 4.69) is 11.1 Å². The normalized spacial score (nSPS) is 19.0. The maximum Gasteiger partial charge on any atom is 0.227 e. The third kappa shape index (κ3) is 4.31. The molecule has 1 aromatic carbocycles. The van der Waals surface area contributed by atoms with Crippen molar-refractivity contribution in [3.05, 3.63) is 58.7 Å². The maximum atomic E-state index is 12.8. The second-order valence-electron chi connectivity index (χ2n) is 8.16. The van der Waals surface area contributed by atoms with Gasteiger partial charge in [-0.05, 0) is 31.7 Å². The molecule has 2 aliphatic heterocycles. The first-order valence-electron chi connectivity index (χ1n) is 10.5. The molecule has 2 aromatic rings. The first-order valence-corrected chi connectivity index (χ1v) is 10.5. The molecule has 4 rings (SSSR count). The molecule has 0 N–H and O–H groups in total. The smallest absolute Gasteiger partial charge is 0.227 e. The van der Waals surface area contributed by atoms with E-state index < -0.39 is 0 Å². The fourth-order valence-corrected chi connectivity index (χ4v) is 4.39. The SMILES string of the molecule is CC(=O)N1CCCC[C@H]1c1ncc2c(n1)CCN(C(=O)Cc1cccc(C)c1)C2. The van der Waals surface area contributed by atoms with Crippen LogP contribution in [-0.4, -0.2) is 44.7 Å². The van der Waals surface area contributed by atoms with Gasteiger partial charge in [-0.3, -0.25) is 9.59 Å². The predicted octanol–water partition coefficient (Wildman–Crippen LogP) is 2.99. The summed E-state index contributed by atoms with van der Waals surface area (Å²) in [4.78, 5) is 38.0. The summed E-state index contributed by atoms with van der Waals surface area (Å²) >= 11 is 0. The van der Waals surface area contributed by atoms with E-state index in [-0.39, 0.29) is 17.9 Å². The van der Waals surface area contributed by atoms with E-state index in [1.165, 1.54) is 5.56 Å². The minimum absolute atomic E-state index is 0.0208. The quantitative estimate of drug-likeness (QED) is 0.805. The van der Waals surface area contributed by atoms with Crippen LogP contribution in [0.5, 0.6) is 0 Å². The van der Waals surface area contributed by atoms with Crippen molar-refractivity contribution in [2.45, 2.75) is 58.5 Å². The van der Waals surface area contributed by atoms with Crippen molar-refractivity contribution in [1.29, 1.82) is 0 Å². The van der Waals surface area contributed by atoms with Crippen molar-refractivity contribution < 1.29 is 9.59 Å². The Morgan fingerprint density at radius 3 is 2.86 bits per heavy atom. The van der Waals surface area contributed by atoms with Gasteiger partial charge in [0.05, 0.1) is 18.2 Å². The molecule has 1 fully saturated rings. The van der Waals surface area contributed by atoms with Gasteiger partial charge >= 0.3 is 0 Å². The molecule has 1 saturated heterocycles. The minimum atomic E-state index is -0.0208. The summed E-state index contributed by atoms with van der Waals surface area (Å²) in [5.41, 5.74) is 4.25. The molecule has 6 heteroatoms. The Labute approximate surface area is 172 Å². The van der Waals surface area contributed by atoms with Crippen LogP contribution in [-0.2, 0) is 29.0 Å². The molecule has 0 unspecified atom stereocenters. The first-order chi connectivity index (χ1) is 14.0. The summed E-state index contributed by atoms with van der Waals surface area (Å²) in [6, 6.07) is 8.08. The summed E-state index contributed by atoms with van der Waals surface area (Å²) in [7, 11) is 0. The molecule has 6 nitrogen and oxygen atoms in total. The third-order valence-electron chi connectivity index (χ3n) is 5.95. The van der Waals surface area contributed by atoms with E-state index in [0.29, 0.717) is 19.5 Å². The Kier molecular flexibility index (Phi) is 5.60. The Hall–Kier alpha value is -2.76. The number of carbonyl (C=O) groups is 2. The van der Waals surface area contributed by atoms with Crippen LogP contribution in [0.25, 0.3) is 0 Å². The average Bonchev–Trinajstić information content (AvgIpc) is 2.73. The van der Waals surface area contributed by atoms with E-state index >= 15 is 0 Å².